The minimum Gasteiger partial charge on any atom is -0.298 e. The molecule has 0 saturated carbocycles. The van der Waals surface area contributed by atoms with E-state index < -0.39 is 0 Å². The molecule has 5 nitrogen and oxygen atoms in total. The normalized spacial score (nSPS) is 10.6. The lowest BCUT2D eigenvalue weighted by atomic mass is 10.2. The molecule has 1 rings (SSSR count). The molecule has 1 amide bonds. The van der Waals surface area contributed by atoms with E-state index in [1.165, 1.54) is 0 Å². The van der Waals surface area contributed by atoms with Crippen LogP contribution in [-0.2, 0) is 6.54 Å². The first-order valence-electron chi connectivity index (χ1n) is 5.90. The number of hydrazine groups is 1. The van der Waals surface area contributed by atoms with Crippen molar-refractivity contribution in [1.29, 1.82) is 0 Å². The van der Waals surface area contributed by atoms with E-state index in [-0.39, 0.29) is 5.91 Å². The van der Waals surface area contributed by atoms with Crippen molar-refractivity contribution in [3.05, 3.63) is 29.6 Å². The quantitative estimate of drug-likeness (QED) is 0.437. The van der Waals surface area contributed by atoms with E-state index >= 15 is 0 Å². The second-order valence-electron chi connectivity index (χ2n) is 3.86. The third-order valence-corrected chi connectivity index (χ3v) is 2.54. The Balaban J connectivity index is 2.74. The highest BCUT2D eigenvalue weighted by Crippen LogP contribution is 2.04. The fourth-order valence-electron chi connectivity index (χ4n) is 1.66. The molecular weight excluding hydrogens is 216 g/mol. The van der Waals surface area contributed by atoms with Gasteiger partial charge < -0.3 is 0 Å². The molecule has 0 bridgehead atoms. The van der Waals surface area contributed by atoms with Gasteiger partial charge in [0.1, 0.15) is 5.69 Å². The molecule has 5 heteroatoms. The molecule has 0 unspecified atom stereocenters. The van der Waals surface area contributed by atoms with Gasteiger partial charge in [0.25, 0.3) is 5.91 Å². The Morgan fingerprint density at radius 2 is 2.24 bits per heavy atom. The van der Waals surface area contributed by atoms with E-state index in [0.717, 1.165) is 31.7 Å². The van der Waals surface area contributed by atoms with Crippen molar-refractivity contribution in [2.75, 3.05) is 13.1 Å². The van der Waals surface area contributed by atoms with Crippen molar-refractivity contribution in [2.24, 2.45) is 5.84 Å². The smallest absolute Gasteiger partial charge is 0.283 e. The number of aromatic nitrogens is 1. The second-order valence-corrected chi connectivity index (χ2v) is 3.86. The minimum atomic E-state index is -0.356. The number of pyridine rings is 1. The predicted octanol–water partition coefficient (Wildman–Crippen LogP) is 0.917. The SMILES string of the molecule is CCCN(CC)Cc1cccc(C(=O)NN)n1. The fourth-order valence-corrected chi connectivity index (χ4v) is 1.66. The van der Waals surface area contributed by atoms with E-state index in [1.54, 1.807) is 6.07 Å². The number of amides is 1. The van der Waals surface area contributed by atoms with E-state index in [0.29, 0.717) is 5.69 Å². The molecule has 17 heavy (non-hydrogen) atoms. The van der Waals surface area contributed by atoms with Crippen molar-refractivity contribution in [1.82, 2.24) is 15.3 Å². The summed E-state index contributed by atoms with van der Waals surface area (Å²) >= 11 is 0. The Bertz CT molecular complexity index is 367. The van der Waals surface area contributed by atoms with Crippen molar-refractivity contribution >= 4 is 5.91 Å². The third-order valence-electron chi connectivity index (χ3n) is 2.54. The fraction of sp³-hybridized carbons (Fsp3) is 0.500. The number of hydrogen-bond donors (Lipinski definition) is 2. The van der Waals surface area contributed by atoms with Crippen LogP contribution in [0.4, 0.5) is 0 Å². The summed E-state index contributed by atoms with van der Waals surface area (Å²) in [6, 6.07) is 5.40. The molecule has 0 atom stereocenters. The summed E-state index contributed by atoms with van der Waals surface area (Å²) in [4.78, 5) is 17.9. The van der Waals surface area contributed by atoms with Crippen molar-refractivity contribution in [3.63, 3.8) is 0 Å². The number of carbonyl (C=O) groups is 1. The molecule has 1 heterocycles. The maximum absolute atomic E-state index is 11.3. The zero-order valence-electron chi connectivity index (χ0n) is 10.4. The summed E-state index contributed by atoms with van der Waals surface area (Å²) in [5.74, 6) is 4.72. The van der Waals surface area contributed by atoms with Crippen LogP contribution < -0.4 is 11.3 Å². The van der Waals surface area contributed by atoms with Crippen LogP contribution in [0.2, 0.25) is 0 Å². The number of nitrogens with two attached hydrogens (primary N) is 1. The van der Waals surface area contributed by atoms with Crippen molar-refractivity contribution in [2.45, 2.75) is 26.8 Å². The van der Waals surface area contributed by atoms with Crippen LogP contribution in [0.15, 0.2) is 18.2 Å². The highest BCUT2D eigenvalue weighted by molar-refractivity contribution is 5.91. The molecule has 0 aliphatic rings. The molecule has 0 fully saturated rings. The van der Waals surface area contributed by atoms with Gasteiger partial charge >= 0.3 is 0 Å². The van der Waals surface area contributed by atoms with E-state index in [1.807, 2.05) is 12.1 Å². The Morgan fingerprint density at radius 3 is 2.82 bits per heavy atom. The topological polar surface area (TPSA) is 71.2 Å². The summed E-state index contributed by atoms with van der Waals surface area (Å²) in [6.45, 7) is 7.03. The summed E-state index contributed by atoms with van der Waals surface area (Å²) in [6.07, 6.45) is 1.11. The summed E-state index contributed by atoms with van der Waals surface area (Å²) in [7, 11) is 0. The van der Waals surface area contributed by atoms with E-state index in [2.05, 4.69) is 29.2 Å². The zero-order valence-corrected chi connectivity index (χ0v) is 10.4. The second kappa shape index (κ2) is 6.98. The maximum Gasteiger partial charge on any atom is 0.283 e. The van der Waals surface area contributed by atoms with Crippen LogP contribution in [0.25, 0.3) is 0 Å². The molecular formula is C12H20N4O. The minimum absolute atomic E-state index is 0.356. The maximum atomic E-state index is 11.3. The predicted molar refractivity (Wildman–Crippen MR) is 67.1 cm³/mol. The average Bonchev–Trinajstić information content (AvgIpc) is 2.37. The van der Waals surface area contributed by atoms with Gasteiger partial charge in [-0.05, 0) is 31.6 Å². The first-order chi connectivity index (χ1) is 8.21. The number of rotatable bonds is 6. The number of nitrogen functional groups attached to an aromatic ring is 1. The third kappa shape index (κ3) is 4.13. The number of nitrogens with one attached hydrogen (secondary N) is 1. The molecule has 94 valence electrons. The monoisotopic (exact) mass is 236 g/mol. The van der Waals surface area contributed by atoms with E-state index in [9.17, 15) is 4.79 Å². The first-order valence-corrected chi connectivity index (χ1v) is 5.90. The van der Waals surface area contributed by atoms with Crippen LogP contribution in [0.1, 0.15) is 36.5 Å². The highest BCUT2D eigenvalue weighted by Gasteiger charge is 2.08. The van der Waals surface area contributed by atoms with Gasteiger partial charge in [-0.25, -0.2) is 10.8 Å². The van der Waals surface area contributed by atoms with E-state index in [4.69, 9.17) is 5.84 Å². The number of carbonyl (C=O) groups excluding carboxylic acids is 1. The van der Waals surface area contributed by atoms with Crippen LogP contribution in [-0.4, -0.2) is 28.9 Å². The van der Waals surface area contributed by atoms with Crippen molar-refractivity contribution < 1.29 is 4.79 Å². The Morgan fingerprint density at radius 1 is 1.47 bits per heavy atom. The van der Waals surface area contributed by atoms with Crippen LogP contribution in [0.3, 0.4) is 0 Å². The standard InChI is InChI=1S/C12H20N4O/c1-3-8-16(4-2)9-10-6-5-7-11(14-10)12(17)15-13/h5-7H,3-4,8-9,13H2,1-2H3,(H,15,17). The molecule has 1 aromatic heterocycles. The van der Waals surface area contributed by atoms with Gasteiger partial charge in [-0.2, -0.15) is 0 Å². The van der Waals surface area contributed by atoms with Gasteiger partial charge in [-0.1, -0.05) is 19.9 Å². The molecule has 0 aliphatic heterocycles. The molecule has 0 saturated heterocycles. The van der Waals surface area contributed by atoms with Gasteiger partial charge in [-0.15, -0.1) is 0 Å². The number of nitrogens with zero attached hydrogens (tertiary/aromatic N) is 2. The lowest BCUT2D eigenvalue weighted by molar-refractivity contribution is 0.0948. The lowest BCUT2D eigenvalue weighted by Gasteiger charge is -2.19. The Kier molecular flexibility index (Phi) is 5.59. The van der Waals surface area contributed by atoms with Gasteiger partial charge in [0.15, 0.2) is 0 Å². The summed E-state index contributed by atoms with van der Waals surface area (Å²) in [5.41, 5.74) is 3.33. The Labute approximate surface area is 102 Å². The Hall–Kier alpha value is -1.46. The number of hydrogen-bond acceptors (Lipinski definition) is 4. The molecule has 0 aromatic carbocycles. The summed E-state index contributed by atoms with van der Waals surface area (Å²) in [5, 5.41) is 0. The molecule has 0 radical (unpaired) electrons. The van der Waals surface area contributed by atoms with Gasteiger partial charge in [0, 0.05) is 6.54 Å². The van der Waals surface area contributed by atoms with Crippen molar-refractivity contribution in [3.8, 4) is 0 Å². The molecule has 1 aromatic rings. The van der Waals surface area contributed by atoms with Crippen LogP contribution in [0, 0.1) is 0 Å². The van der Waals surface area contributed by atoms with Gasteiger partial charge in [0.05, 0.1) is 5.69 Å². The zero-order chi connectivity index (χ0) is 12.7. The van der Waals surface area contributed by atoms with Gasteiger partial charge in [-0.3, -0.25) is 15.1 Å². The summed E-state index contributed by atoms with van der Waals surface area (Å²) < 4.78 is 0. The lowest BCUT2D eigenvalue weighted by Crippen LogP contribution is -2.31. The molecule has 0 aliphatic carbocycles. The first kappa shape index (κ1) is 13.6. The van der Waals surface area contributed by atoms with Crippen LogP contribution >= 0.6 is 0 Å². The highest BCUT2D eigenvalue weighted by atomic mass is 16.2. The average molecular weight is 236 g/mol. The molecule has 0 spiro atoms. The van der Waals surface area contributed by atoms with Crippen LogP contribution in [0.5, 0.6) is 0 Å². The largest absolute Gasteiger partial charge is 0.298 e. The molecule has 3 N–H and O–H groups in total. The van der Waals surface area contributed by atoms with Gasteiger partial charge in [0.2, 0.25) is 0 Å².